The Hall–Kier alpha value is -0.650. The summed E-state index contributed by atoms with van der Waals surface area (Å²) in [4.78, 5) is 11.4. The Balaban J connectivity index is 3.12. The summed E-state index contributed by atoms with van der Waals surface area (Å²) in [5, 5.41) is 6.06. The van der Waals surface area contributed by atoms with Crippen LogP contribution in [0.1, 0.15) is 26.7 Å². The predicted molar refractivity (Wildman–Crippen MR) is 72.6 cm³/mol. The Morgan fingerprint density at radius 1 is 1.17 bits per heavy atom. The van der Waals surface area contributed by atoms with E-state index in [1.54, 1.807) is 7.11 Å². The van der Waals surface area contributed by atoms with E-state index in [-0.39, 0.29) is 5.91 Å². The second kappa shape index (κ2) is 12.8. The molecule has 0 atom stereocenters. The second-order valence-corrected chi connectivity index (χ2v) is 4.66. The van der Waals surface area contributed by atoms with Crippen LogP contribution >= 0.6 is 0 Å². The van der Waals surface area contributed by atoms with Crippen LogP contribution in [0.25, 0.3) is 0 Å². The fraction of sp³-hybridized carbons (Fsp3) is 0.923. The number of nitrogens with one attached hydrogen (secondary N) is 2. The number of ether oxygens (including phenoxy) is 2. The molecule has 5 heteroatoms. The number of hydrogen-bond acceptors (Lipinski definition) is 4. The molecule has 0 saturated heterocycles. The summed E-state index contributed by atoms with van der Waals surface area (Å²) < 4.78 is 10.3. The molecule has 0 aliphatic heterocycles. The summed E-state index contributed by atoms with van der Waals surface area (Å²) in [5.74, 6) is 0.611. The van der Waals surface area contributed by atoms with Gasteiger partial charge in [-0.15, -0.1) is 0 Å². The van der Waals surface area contributed by atoms with Gasteiger partial charge in [-0.3, -0.25) is 4.79 Å². The predicted octanol–water partition coefficient (Wildman–Crippen LogP) is 0.791. The van der Waals surface area contributed by atoms with E-state index in [4.69, 9.17) is 9.47 Å². The number of carbonyl (C=O) groups is 1. The summed E-state index contributed by atoms with van der Waals surface area (Å²) in [6.45, 7) is 8.54. The van der Waals surface area contributed by atoms with Crippen molar-refractivity contribution in [3.63, 3.8) is 0 Å². The average molecular weight is 260 g/mol. The van der Waals surface area contributed by atoms with Crippen molar-refractivity contribution in [3.05, 3.63) is 0 Å². The van der Waals surface area contributed by atoms with Gasteiger partial charge in [-0.1, -0.05) is 13.8 Å². The van der Waals surface area contributed by atoms with Crippen molar-refractivity contribution in [1.29, 1.82) is 0 Å². The Kier molecular flexibility index (Phi) is 12.3. The lowest BCUT2D eigenvalue weighted by molar-refractivity contribution is -0.121. The summed E-state index contributed by atoms with van der Waals surface area (Å²) in [7, 11) is 1.69. The maximum Gasteiger partial charge on any atom is 0.221 e. The molecule has 5 nitrogen and oxygen atoms in total. The molecule has 0 aromatic heterocycles. The van der Waals surface area contributed by atoms with Gasteiger partial charge in [0.25, 0.3) is 0 Å². The minimum atomic E-state index is 0.109. The van der Waals surface area contributed by atoms with Crippen LogP contribution in [-0.2, 0) is 14.3 Å². The van der Waals surface area contributed by atoms with E-state index in [0.717, 1.165) is 32.7 Å². The number of methoxy groups -OCH3 is 1. The highest BCUT2D eigenvalue weighted by Gasteiger charge is 2.01. The lowest BCUT2D eigenvalue weighted by Gasteiger charge is -2.08. The van der Waals surface area contributed by atoms with Crippen LogP contribution < -0.4 is 10.6 Å². The van der Waals surface area contributed by atoms with Crippen molar-refractivity contribution in [2.24, 2.45) is 5.92 Å². The molecule has 0 heterocycles. The molecular formula is C13H28N2O3. The minimum Gasteiger partial charge on any atom is -0.385 e. The van der Waals surface area contributed by atoms with Gasteiger partial charge in [0, 0.05) is 46.4 Å². The minimum absolute atomic E-state index is 0.109. The van der Waals surface area contributed by atoms with Crippen molar-refractivity contribution in [3.8, 4) is 0 Å². The Labute approximate surface area is 111 Å². The van der Waals surface area contributed by atoms with Gasteiger partial charge >= 0.3 is 0 Å². The number of hydrogen-bond donors (Lipinski definition) is 2. The fourth-order valence-electron chi connectivity index (χ4n) is 1.28. The summed E-state index contributed by atoms with van der Waals surface area (Å²) in [6, 6.07) is 0. The van der Waals surface area contributed by atoms with Crippen molar-refractivity contribution in [2.75, 3.05) is 46.6 Å². The smallest absolute Gasteiger partial charge is 0.221 e. The monoisotopic (exact) mass is 260 g/mol. The topological polar surface area (TPSA) is 59.6 Å². The molecule has 0 rings (SSSR count). The van der Waals surface area contributed by atoms with E-state index in [1.807, 2.05) is 0 Å². The van der Waals surface area contributed by atoms with E-state index in [0.29, 0.717) is 25.5 Å². The third-order valence-electron chi connectivity index (χ3n) is 2.30. The van der Waals surface area contributed by atoms with Crippen LogP contribution in [0.4, 0.5) is 0 Å². The summed E-state index contributed by atoms with van der Waals surface area (Å²) >= 11 is 0. The molecule has 0 spiro atoms. The lowest BCUT2D eigenvalue weighted by Crippen LogP contribution is -2.31. The number of carbonyl (C=O) groups excluding carboxylic acids is 1. The highest BCUT2D eigenvalue weighted by molar-refractivity contribution is 5.76. The maximum absolute atomic E-state index is 11.4. The van der Waals surface area contributed by atoms with Crippen molar-refractivity contribution in [1.82, 2.24) is 10.6 Å². The molecule has 0 aromatic rings. The molecule has 18 heavy (non-hydrogen) atoms. The first kappa shape index (κ1) is 17.4. The van der Waals surface area contributed by atoms with Crippen LogP contribution in [0.5, 0.6) is 0 Å². The average Bonchev–Trinajstić information content (AvgIpc) is 2.34. The van der Waals surface area contributed by atoms with Crippen LogP contribution in [-0.4, -0.2) is 52.5 Å². The quantitative estimate of drug-likeness (QED) is 0.509. The first-order valence-electron chi connectivity index (χ1n) is 6.71. The van der Waals surface area contributed by atoms with E-state index in [9.17, 15) is 4.79 Å². The largest absolute Gasteiger partial charge is 0.385 e. The maximum atomic E-state index is 11.4. The summed E-state index contributed by atoms with van der Waals surface area (Å²) in [5.41, 5.74) is 0. The molecular weight excluding hydrogens is 232 g/mol. The fourth-order valence-corrected chi connectivity index (χ4v) is 1.28. The summed E-state index contributed by atoms with van der Waals surface area (Å²) in [6.07, 6.45) is 1.45. The van der Waals surface area contributed by atoms with Gasteiger partial charge in [0.2, 0.25) is 5.91 Å². The highest BCUT2D eigenvalue weighted by Crippen LogP contribution is 1.88. The molecule has 0 bridgehead atoms. The van der Waals surface area contributed by atoms with Gasteiger partial charge in [0.05, 0.1) is 6.61 Å². The van der Waals surface area contributed by atoms with Gasteiger partial charge in [0.15, 0.2) is 0 Å². The Morgan fingerprint density at radius 3 is 2.61 bits per heavy atom. The normalized spacial score (nSPS) is 10.9. The van der Waals surface area contributed by atoms with Crippen LogP contribution in [0.3, 0.4) is 0 Å². The van der Waals surface area contributed by atoms with Crippen molar-refractivity contribution in [2.45, 2.75) is 26.7 Å². The third kappa shape index (κ3) is 13.4. The van der Waals surface area contributed by atoms with Gasteiger partial charge in [-0.05, 0) is 12.3 Å². The van der Waals surface area contributed by atoms with Gasteiger partial charge in [-0.2, -0.15) is 0 Å². The van der Waals surface area contributed by atoms with Gasteiger partial charge < -0.3 is 20.1 Å². The first-order valence-corrected chi connectivity index (χ1v) is 6.71. The van der Waals surface area contributed by atoms with Crippen molar-refractivity contribution < 1.29 is 14.3 Å². The molecule has 0 aromatic carbocycles. The van der Waals surface area contributed by atoms with E-state index in [2.05, 4.69) is 24.5 Å². The molecule has 0 aliphatic rings. The molecule has 0 unspecified atom stereocenters. The number of amides is 1. The molecule has 0 saturated carbocycles. The molecule has 108 valence electrons. The SMILES string of the molecule is COCCCOCCNCCC(=O)NCC(C)C. The van der Waals surface area contributed by atoms with E-state index >= 15 is 0 Å². The first-order chi connectivity index (χ1) is 8.66. The number of rotatable bonds is 12. The van der Waals surface area contributed by atoms with Gasteiger partial charge in [0.1, 0.15) is 0 Å². The zero-order chi connectivity index (χ0) is 13.6. The van der Waals surface area contributed by atoms with Crippen LogP contribution in [0.2, 0.25) is 0 Å². The second-order valence-electron chi connectivity index (χ2n) is 4.66. The Morgan fingerprint density at radius 2 is 1.94 bits per heavy atom. The van der Waals surface area contributed by atoms with Crippen LogP contribution in [0.15, 0.2) is 0 Å². The van der Waals surface area contributed by atoms with Gasteiger partial charge in [-0.25, -0.2) is 0 Å². The Bertz CT molecular complexity index is 199. The van der Waals surface area contributed by atoms with E-state index in [1.165, 1.54) is 0 Å². The molecule has 1 amide bonds. The molecule has 2 N–H and O–H groups in total. The highest BCUT2D eigenvalue weighted by atomic mass is 16.5. The van der Waals surface area contributed by atoms with Crippen LogP contribution in [0, 0.1) is 5.92 Å². The van der Waals surface area contributed by atoms with Crippen molar-refractivity contribution >= 4 is 5.91 Å². The third-order valence-corrected chi connectivity index (χ3v) is 2.30. The molecule has 0 radical (unpaired) electrons. The van der Waals surface area contributed by atoms with E-state index < -0.39 is 0 Å². The molecule has 0 fully saturated rings. The zero-order valence-electron chi connectivity index (χ0n) is 12.0. The molecule has 0 aliphatic carbocycles. The zero-order valence-corrected chi connectivity index (χ0v) is 12.0. The standard InChI is InChI=1S/C13H28N2O3/c1-12(2)11-15-13(16)5-6-14-7-10-18-9-4-8-17-3/h12,14H,4-11H2,1-3H3,(H,15,16). The lowest BCUT2D eigenvalue weighted by atomic mass is 10.2.